The molecule has 1 aliphatic rings. The second-order valence-electron chi connectivity index (χ2n) is 7.40. The molecule has 158 valence electrons. The number of rotatable bonds is 7. The average Bonchev–Trinajstić information content (AvgIpc) is 2.78. The van der Waals surface area contributed by atoms with E-state index in [0.717, 1.165) is 37.9 Å². The van der Waals surface area contributed by atoms with Crippen LogP contribution in [0.2, 0.25) is 0 Å². The lowest BCUT2D eigenvalue weighted by Gasteiger charge is -2.30. The number of nitrogens with one attached hydrogen (secondary N) is 2. The number of amides is 2. The lowest BCUT2D eigenvalue weighted by molar-refractivity contribution is -0.384. The second kappa shape index (κ2) is 9.87. The molecule has 2 aromatic rings. The van der Waals surface area contributed by atoms with Crippen molar-refractivity contribution in [2.75, 3.05) is 18.0 Å². The topological polar surface area (TPSA) is 105 Å². The number of benzene rings is 2. The fraction of sp³-hybridized carbons (Fsp3) is 0.364. The first-order chi connectivity index (χ1) is 14.5. The van der Waals surface area contributed by atoms with E-state index in [1.165, 1.54) is 12.1 Å². The van der Waals surface area contributed by atoms with Gasteiger partial charge in [0.1, 0.15) is 6.04 Å². The molecular weight excluding hydrogens is 384 g/mol. The van der Waals surface area contributed by atoms with Crippen molar-refractivity contribution in [1.82, 2.24) is 10.6 Å². The fourth-order valence-electron chi connectivity index (χ4n) is 3.51. The highest BCUT2D eigenvalue weighted by Crippen LogP contribution is 2.28. The summed E-state index contributed by atoms with van der Waals surface area (Å²) in [6.07, 6.45) is 3.15. The van der Waals surface area contributed by atoms with E-state index in [1.807, 2.05) is 30.3 Å². The predicted octanol–water partition coefficient (Wildman–Crippen LogP) is 3.02. The molecule has 1 fully saturated rings. The van der Waals surface area contributed by atoms with Crippen LogP contribution in [0.3, 0.4) is 0 Å². The van der Waals surface area contributed by atoms with Crippen molar-refractivity contribution in [2.45, 2.75) is 38.8 Å². The standard InChI is InChI=1S/C22H26N4O4/c1-16(21(27)23-15-17-8-4-2-5-9-17)24-22(28)19-14-18(26(29)30)10-11-20(19)25-12-6-3-7-13-25/h2,4-5,8-11,14,16H,3,6-7,12-13,15H2,1H3,(H,23,27)(H,24,28). The summed E-state index contributed by atoms with van der Waals surface area (Å²) in [5.74, 6) is -0.821. The normalized spacial score (nSPS) is 14.6. The Kier molecular flexibility index (Phi) is 7.00. The van der Waals surface area contributed by atoms with Crippen LogP contribution in [0.5, 0.6) is 0 Å². The molecule has 30 heavy (non-hydrogen) atoms. The van der Waals surface area contributed by atoms with Gasteiger partial charge in [-0.15, -0.1) is 0 Å². The molecule has 8 heteroatoms. The van der Waals surface area contributed by atoms with Gasteiger partial charge in [0.15, 0.2) is 0 Å². The number of anilines is 1. The molecule has 0 radical (unpaired) electrons. The number of nitro benzene ring substituents is 1. The maximum Gasteiger partial charge on any atom is 0.270 e. The van der Waals surface area contributed by atoms with Crippen LogP contribution >= 0.6 is 0 Å². The summed E-state index contributed by atoms with van der Waals surface area (Å²) in [6, 6.07) is 13.0. The molecular formula is C22H26N4O4. The molecule has 0 aromatic heterocycles. The van der Waals surface area contributed by atoms with Crippen molar-refractivity contribution >= 4 is 23.2 Å². The van der Waals surface area contributed by atoms with E-state index in [4.69, 9.17) is 0 Å². The zero-order chi connectivity index (χ0) is 21.5. The summed E-state index contributed by atoms with van der Waals surface area (Å²) in [5.41, 5.74) is 1.68. The van der Waals surface area contributed by atoms with Crippen molar-refractivity contribution in [3.05, 3.63) is 69.8 Å². The first-order valence-corrected chi connectivity index (χ1v) is 10.1. The molecule has 1 heterocycles. The summed E-state index contributed by atoms with van der Waals surface area (Å²) in [6.45, 7) is 3.54. The highest BCUT2D eigenvalue weighted by molar-refractivity contribution is 6.02. The summed E-state index contributed by atoms with van der Waals surface area (Å²) >= 11 is 0. The predicted molar refractivity (Wildman–Crippen MR) is 114 cm³/mol. The van der Waals surface area contributed by atoms with Gasteiger partial charge in [0.25, 0.3) is 11.6 Å². The van der Waals surface area contributed by atoms with Crippen LogP contribution < -0.4 is 15.5 Å². The first-order valence-electron chi connectivity index (χ1n) is 10.1. The quantitative estimate of drug-likeness (QED) is 0.539. The number of nitrogens with zero attached hydrogens (tertiary/aromatic N) is 2. The highest BCUT2D eigenvalue weighted by atomic mass is 16.6. The maximum absolute atomic E-state index is 12.9. The van der Waals surface area contributed by atoms with E-state index in [0.29, 0.717) is 12.2 Å². The van der Waals surface area contributed by atoms with Gasteiger partial charge in [-0.25, -0.2) is 0 Å². The van der Waals surface area contributed by atoms with Crippen molar-refractivity contribution in [3.8, 4) is 0 Å². The molecule has 1 saturated heterocycles. The van der Waals surface area contributed by atoms with Crippen LogP contribution in [0.1, 0.15) is 42.1 Å². The van der Waals surface area contributed by atoms with Crippen LogP contribution in [0.25, 0.3) is 0 Å². The number of piperidine rings is 1. The van der Waals surface area contributed by atoms with Gasteiger partial charge in [-0.05, 0) is 37.8 Å². The van der Waals surface area contributed by atoms with Gasteiger partial charge in [0.2, 0.25) is 5.91 Å². The van der Waals surface area contributed by atoms with Gasteiger partial charge in [-0.1, -0.05) is 30.3 Å². The third-order valence-electron chi connectivity index (χ3n) is 5.18. The van der Waals surface area contributed by atoms with Gasteiger partial charge in [-0.2, -0.15) is 0 Å². The molecule has 0 saturated carbocycles. The Bertz CT molecular complexity index is 911. The zero-order valence-corrected chi connectivity index (χ0v) is 17.0. The van der Waals surface area contributed by atoms with Crippen LogP contribution in [0.15, 0.2) is 48.5 Å². The van der Waals surface area contributed by atoms with Crippen LogP contribution in [-0.2, 0) is 11.3 Å². The second-order valence-corrected chi connectivity index (χ2v) is 7.40. The lowest BCUT2D eigenvalue weighted by atomic mass is 10.1. The molecule has 0 spiro atoms. The Morgan fingerprint density at radius 3 is 2.47 bits per heavy atom. The summed E-state index contributed by atoms with van der Waals surface area (Å²) < 4.78 is 0. The van der Waals surface area contributed by atoms with E-state index in [2.05, 4.69) is 15.5 Å². The fourth-order valence-corrected chi connectivity index (χ4v) is 3.51. The van der Waals surface area contributed by atoms with E-state index >= 15 is 0 Å². The minimum Gasteiger partial charge on any atom is -0.371 e. The number of hydrogen-bond donors (Lipinski definition) is 2. The van der Waals surface area contributed by atoms with Crippen LogP contribution in [0, 0.1) is 10.1 Å². The first kappa shape index (κ1) is 21.3. The van der Waals surface area contributed by atoms with Crippen molar-refractivity contribution in [2.24, 2.45) is 0 Å². The lowest BCUT2D eigenvalue weighted by Crippen LogP contribution is -2.45. The molecule has 1 atom stereocenters. The molecule has 1 aliphatic heterocycles. The molecule has 2 amide bonds. The number of carbonyl (C=O) groups excluding carboxylic acids is 2. The number of carbonyl (C=O) groups is 2. The molecule has 2 aromatic carbocycles. The van der Waals surface area contributed by atoms with E-state index in [9.17, 15) is 19.7 Å². The minimum atomic E-state index is -0.783. The largest absolute Gasteiger partial charge is 0.371 e. The Hall–Kier alpha value is -3.42. The third-order valence-corrected chi connectivity index (χ3v) is 5.18. The van der Waals surface area contributed by atoms with E-state index < -0.39 is 16.9 Å². The number of nitro groups is 1. The van der Waals surface area contributed by atoms with Gasteiger partial charge in [-0.3, -0.25) is 19.7 Å². The highest BCUT2D eigenvalue weighted by Gasteiger charge is 2.24. The van der Waals surface area contributed by atoms with Gasteiger partial charge < -0.3 is 15.5 Å². The zero-order valence-electron chi connectivity index (χ0n) is 17.0. The van der Waals surface area contributed by atoms with Crippen LogP contribution in [-0.4, -0.2) is 35.9 Å². The van der Waals surface area contributed by atoms with Crippen molar-refractivity contribution in [3.63, 3.8) is 0 Å². The maximum atomic E-state index is 12.9. The number of non-ortho nitro benzene ring substituents is 1. The number of hydrogen-bond acceptors (Lipinski definition) is 5. The van der Waals surface area contributed by atoms with Gasteiger partial charge in [0, 0.05) is 31.8 Å². The third kappa shape index (κ3) is 5.34. The summed E-state index contributed by atoms with van der Waals surface area (Å²) in [7, 11) is 0. The summed E-state index contributed by atoms with van der Waals surface area (Å²) in [4.78, 5) is 38.1. The molecule has 3 rings (SSSR count). The van der Waals surface area contributed by atoms with Crippen molar-refractivity contribution in [1.29, 1.82) is 0 Å². The molecule has 2 N–H and O–H groups in total. The smallest absolute Gasteiger partial charge is 0.270 e. The molecule has 0 aliphatic carbocycles. The van der Waals surface area contributed by atoms with Crippen LogP contribution in [0.4, 0.5) is 11.4 Å². The Balaban J connectivity index is 1.71. The Labute approximate surface area is 175 Å². The molecule has 1 unspecified atom stereocenters. The monoisotopic (exact) mass is 410 g/mol. The SMILES string of the molecule is CC(NC(=O)c1cc([N+](=O)[O-])ccc1N1CCCCC1)C(=O)NCc1ccccc1. The van der Waals surface area contributed by atoms with Gasteiger partial charge >= 0.3 is 0 Å². The van der Waals surface area contributed by atoms with E-state index in [1.54, 1.807) is 13.0 Å². The summed E-state index contributed by atoms with van der Waals surface area (Å²) in [5, 5.41) is 16.7. The Morgan fingerprint density at radius 1 is 1.10 bits per heavy atom. The Morgan fingerprint density at radius 2 is 1.80 bits per heavy atom. The van der Waals surface area contributed by atoms with E-state index in [-0.39, 0.29) is 17.2 Å². The molecule has 0 bridgehead atoms. The van der Waals surface area contributed by atoms with Gasteiger partial charge in [0.05, 0.1) is 16.2 Å². The average molecular weight is 410 g/mol. The minimum absolute atomic E-state index is 0.151. The van der Waals surface area contributed by atoms with Crippen molar-refractivity contribution < 1.29 is 14.5 Å². The molecule has 8 nitrogen and oxygen atoms in total.